The van der Waals surface area contributed by atoms with Gasteiger partial charge >= 0.3 is 5.97 Å². The van der Waals surface area contributed by atoms with Gasteiger partial charge in [-0.25, -0.2) is 4.79 Å². The number of rotatable bonds is 7. The van der Waals surface area contributed by atoms with Crippen LogP contribution in [0.5, 0.6) is 0 Å². The summed E-state index contributed by atoms with van der Waals surface area (Å²) in [4.78, 5) is 14.3. The van der Waals surface area contributed by atoms with Crippen molar-refractivity contribution in [1.82, 2.24) is 4.90 Å². The van der Waals surface area contributed by atoms with Gasteiger partial charge in [0.25, 0.3) is 0 Å². The Balaban J connectivity index is 1.54. The molecule has 30 heavy (non-hydrogen) atoms. The van der Waals surface area contributed by atoms with Gasteiger partial charge in [0.05, 0.1) is 24.3 Å². The second-order valence-corrected chi connectivity index (χ2v) is 9.66. The largest absolute Gasteiger partial charge is 0.494 e. The molecule has 5 heterocycles. The van der Waals surface area contributed by atoms with Crippen molar-refractivity contribution in [2.45, 2.75) is 82.5 Å². The Labute approximate surface area is 177 Å². The van der Waals surface area contributed by atoms with Crippen molar-refractivity contribution >= 4 is 11.7 Å². The van der Waals surface area contributed by atoms with Crippen LogP contribution in [0.3, 0.4) is 0 Å². The molecule has 0 aromatic rings. The average Bonchev–Trinajstić information content (AvgIpc) is 3.36. The van der Waals surface area contributed by atoms with Crippen molar-refractivity contribution in [1.29, 1.82) is 0 Å². The van der Waals surface area contributed by atoms with Gasteiger partial charge in [-0.05, 0) is 38.6 Å². The first-order valence-electron chi connectivity index (χ1n) is 11.3. The summed E-state index contributed by atoms with van der Waals surface area (Å²) in [7, 11) is 1.45. The summed E-state index contributed by atoms with van der Waals surface area (Å²) in [5, 5.41) is 13.5. The van der Waals surface area contributed by atoms with Crippen LogP contribution in [0.2, 0.25) is 0 Å². The maximum Gasteiger partial charge on any atom is 0.335 e. The topological polar surface area (TPSA) is 107 Å². The molecule has 0 radical (unpaired) electrons. The maximum absolute atomic E-state index is 11.6. The summed E-state index contributed by atoms with van der Waals surface area (Å²) in [6.07, 6.45) is 5.45. The summed E-state index contributed by atoms with van der Waals surface area (Å²) in [5.74, 6) is 4.94. The first kappa shape index (κ1) is 20.3. The van der Waals surface area contributed by atoms with Crippen LogP contribution in [0.15, 0.2) is 16.4 Å². The van der Waals surface area contributed by atoms with E-state index in [2.05, 4.69) is 23.8 Å². The van der Waals surface area contributed by atoms with E-state index in [9.17, 15) is 9.90 Å². The van der Waals surface area contributed by atoms with Gasteiger partial charge in [0.2, 0.25) is 0 Å². The lowest BCUT2D eigenvalue weighted by atomic mass is 9.69. The number of hydrazone groups is 1. The molecule has 5 saturated heterocycles. The second kappa shape index (κ2) is 6.68. The minimum Gasteiger partial charge on any atom is -0.494 e. The van der Waals surface area contributed by atoms with Gasteiger partial charge in [0.1, 0.15) is 11.8 Å². The normalized spacial score (nSPS) is 48.8. The molecule has 5 bridgehead atoms. The van der Waals surface area contributed by atoms with Crippen LogP contribution in [0, 0.1) is 17.8 Å². The fourth-order valence-electron chi connectivity index (χ4n) is 7.74. The molecule has 0 aromatic carbocycles. The van der Waals surface area contributed by atoms with Crippen LogP contribution >= 0.6 is 0 Å². The third-order valence-corrected chi connectivity index (χ3v) is 8.69. The van der Waals surface area contributed by atoms with E-state index in [-0.39, 0.29) is 34.8 Å². The highest BCUT2D eigenvalue weighted by atomic mass is 16.7. The Kier molecular flexibility index (Phi) is 4.51. The van der Waals surface area contributed by atoms with E-state index in [4.69, 9.17) is 20.1 Å². The quantitative estimate of drug-likeness (QED) is 0.214. The van der Waals surface area contributed by atoms with E-state index < -0.39 is 17.9 Å². The van der Waals surface area contributed by atoms with E-state index >= 15 is 0 Å². The van der Waals surface area contributed by atoms with Crippen LogP contribution in [0.25, 0.3) is 0 Å². The smallest absolute Gasteiger partial charge is 0.335 e. The number of nitrogens with two attached hydrogens (primary N) is 1. The molecule has 166 valence electrons. The van der Waals surface area contributed by atoms with E-state index in [0.29, 0.717) is 17.7 Å². The van der Waals surface area contributed by atoms with Crippen molar-refractivity contribution < 1.29 is 24.1 Å². The number of aliphatic carboxylic acids is 1. The number of carboxylic acids is 1. The molecule has 8 nitrogen and oxygen atoms in total. The zero-order valence-corrected chi connectivity index (χ0v) is 18.3. The number of carboxylic acid groups (broad SMARTS) is 1. The molecule has 1 spiro atoms. The summed E-state index contributed by atoms with van der Waals surface area (Å²) in [5.41, 5.74) is 0.540. The van der Waals surface area contributed by atoms with E-state index in [0.717, 1.165) is 25.8 Å². The number of fused-ring (bicyclic) bond motifs is 1. The van der Waals surface area contributed by atoms with Crippen molar-refractivity contribution in [3.05, 3.63) is 11.3 Å². The Morgan fingerprint density at radius 2 is 2.17 bits per heavy atom. The Hall–Kier alpha value is -1.64. The van der Waals surface area contributed by atoms with Crippen molar-refractivity contribution in [2.75, 3.05) is 13.7 Å². The van der Waals surface area contributed by atoms with Gasteiger partial charge in [0.15, 0.2) is 11.5 Å². The number of piperidine rings is 1. The number of hydrogen-bond acceptors (Lipinski definition) is 7. The fourth-order valence-corrected chi connectivity index (χ4v) is 7.74. The molecule has 0 aliphatic carbocycles. The first-order valence-corrected chi connectivity index (χ1v) is 11.3. The van der Waals surface area contributed by atoms with E-state index in [1.807, 2.05) is 0 Å². The second-order valence-electron chi connectivity index (χ2n) is 9.66. The minimum absolute atomic E-state index is 0.0732. The zero-order valence-electron chi connectivity index (χ0n) is 18.3. The van der Waals surface area contributed by atoms with Crippen LogP contribution in [0.4, 0.5) is 0 Å². The number of unbranched alkanes of at least 4 members (excludes halogenated alkanes) is 1. The molecule has 9 atom stereocenters. The number of ether oxygens (including phenoxy) is 3. The summed E-state index contributed by atoms with van der Waals surface area (Å²) >= 11 is 0. The number of carbonyl (C=O) groups is 1. The van der Waals surface area contributed by atoms with Gasteiger partial charge in [-0.1, -0.05) is 26.7 Å². The van der Waals surface area contributed by atoms with Crippen LogP contribution in [0.1, 0.15) is 52.9 Å². The predicted octanol–water partition coefficient (Wildman–Crippen LogP) is 2.09. The van der Waals surface area contributed by atoms with Crippen molar-refractivity contribution in [3.63, 3.8) is 0 Å². The molecule has 0 saturated carbocycles. The average molecular weight is 420 g/mol. The van der Waals surface area contributed by atoms with Crippen LogP contribution in [-0.2, 0) is 19.0 Å². The molecular formula is C22H33N3O5. The van der Waals surface area contributed by atoms with Gasteiger partial charge in [0, 0.05) is 17.9 Å². The lowest BCUT2D eigenvalue weighted by Gasteiger charge is -2.49. The van der Waals surface area contributed by atoms with Crippen LogP contribution in [-0.4, -0.2) is 64.9 Å². The molecule has 8 heteroatoms. The highest BCUT2D eigenvalue weighted by Crippen LogP contribution is 2.72. The lowest BCUT2D eigenvalue weighted by Crippen LogP contribution is -2.61. The highest BCUT2D eigenvalue weighted by Gasteiger charge is 2.83. The third kappa shape index (κ3) is 2.17. The molecule has 5 fully saturated rings. The predicted molar refractivity (Wildman–Crippen MR) is 110 cm³/mol. The van der Waals surface area contributed by atoms with E-state index in [1.165, 1.54) is 26.9 Å². The molecule has 5 aliphatic rings. The van der Waals surface area contributed by atoms with Gasteiger partial charge in [-0.15, -0.1) is 0 Å². The Morgan fingerprint density at radius 1 is 1.40 bits per heavy atom. The lowest BCUT2D eigenvalue weighted by molar-refractivity contribution is -0.269. The monoisotopic (exact) mass is 419 g/mol. The zero-order chi connectivity index (χ0) is 21.4. The molecule has 5 rings (SSSR count). The summed E-state index contributed by atoms with van der Waals surface area (Å²) in [6.45, 7) is 7.03. The molecule has 1 unspecified atom stereocenters. The van der Waals surface area contributed by atoms with Gasteiger partial charge in [-0.2, -0.15) is 5.10 Å². The van der Waals surface area contributed by atoms with Crippen molar-refractivity contribution in [2.24, 2.45) is 28.7 Å². The van der Waals surface area contributed by atoms with E-state index in [1.54, 1.807) is 0 Å². The van der Waals surface area contributed by atoms with Crippen LogP contribution < -0.4 is 5.84 Å². The Morgan fingerprint density at radius 3 is 2.80 bits per heavy atom. The minimum atomic E-state index is -1.06. The van der Waals surface area contributed by atoms with Crippen molar-refractivity contribution in [3.8, 4) is 0 Å². The third-order valence-electron chi connectivity index (χ3n) is 8.69. The number of nitrogens with zero attached hydrogens (tertiary/aromatic N) is 2. The molecule has 5 aliphatic heterocycles. The molecule has 0 amide bonds. The molecular weight excluding hydrogens is 386 g/mol. The van der Waals surface area contributed by atoms with Gasteiger partial charge in [-0.3, -0.25) is 4.90 Å². The maximum atomic E-state index is 11.6. The number of methoxy groups -OCH3 is 1. The summed E-state index contributed by atoms with van der Waals surface area (Å²) in [6, 6.07) is 0.439. The fraction of sp³-hybridized carbons (Fsp3) is 0.818. The van der Waals surface area contributed by atoms with Gasteiger partial charge < -0.3 is 25.2 Å². The first-order chi connectivity index (χ1) is 14.4. The molecule has 0 aromatic heterocycles. The standard InChI is InChI=1S/C22H33N3O5/c1-5-6-8-21-14-7-9-25(21)13-10-15(21)29-22(14)16(13)11(2)19(30-22)17(24-23)18(28-4)12(3)20(26)27/h11,13-16,19H,5-10,23H2,1-4H3,(H,26,27)/b18-12-,24-17+/t11-,13-,14+,15-,16+,19-,21-,22+/m0/s1. The SMILES string of the molecule is CCCC[C@@]12[C@@H]3C[C@H]4[C@H]5[C@H](C)[C@@H](C(=N/N)/C(OC)=C(\C)C(=O)O)O[C@]5(O3)[C@@H]1CCN42. The Bertz CT molecular complexity index is 828. The summed E-state index contributed by atoms with van der Waals surface area (Å²) < 4.78 is 19.0. The highest BCUT2D eigenvalue weighted by molar-refractivity contribution is 6.07. The molecule has 3 N–H and O–H groups in total. The number of hydrogen-bond donors (Lipinski definition) is 2.